The third kappa shape index (κ3) is 6.33. The maximum atomic E-state index is 11.2. The van der Waals surface area contributed by atoms with E-state index in [-0.39, 0.29) is 0 Å². The first-order valence-corrected chi connectivity index (χ1v) is 6.79. The van der Waals surface area contributed by atoms with Crippen LogP contribution in [0.2, 0.25) is 0 Å². The van der Waals surface area contributed by atoms with Gasteiger partial charge in [0.15, 0.2) is 0 Å². The first kappa shape index (κ1) is 17.4. The van der Waals surface area contributed by atoms with Gasteiger partial charge in [0.25, 0.3) is 0 Å². The smallest absolute Gasteiger partial charge is 0.322 e. The number of hydrogen-bond donors (Lipinski definition) is 2. The molecule has 0 aliphatic rings. The highest BCUT2D eigenvalue weighted by Crippen LogP contribution is 2.09. The number of carboxylic acid groups (broad SMARTS) is 1. The predicted molar refractivity (Wildman–Crippen MR) is 72.9 cm³/mol. The van der Waals surface area contributed by atoms with Gasteiger partial charge in [-0.1, -0.05) is 20.8 Å². The minimum atomic E-state index is -0.787. The fourth-order valence-electron chi connectivity index (χ4n) is 2.15. The number of aliphatic carboxylic acids is 1. The number of nitrogens with one attached hydrogen (secondary N) is 1. The van der Waals surface area contributed by atoms with Crippen LogP contribution in [0.3, 0.4) is 0 Å². The summed E-state index contributed by atoms with van der Waals surface area (Å²) in [7, 11) is 1.67. The van der Waals surface area contributed by atoms with Crippen LogP contribution in [0, 0.1) is 0 Å². The number of hydrogen-bond acceptors (Lipinski definition) is 4. The molecule has 0 aliphatic carbocycles. The summed E-state index contributed by atoms with van der Waals surface area (Å²) in [5, 5.41) is 12.2. The van der Waals surface area contributed by atoms with Crippen molar-refractivity contribution in [1.29, 1.82) is 0 Å². The van der Waals surface area contributed by atoms with E-state index >= 15 is 0 Å². The zero-order chi connectivity index (χ0) is 14.0. The Morgan fingerprint density at radius 3 is 2.33 bits per heavy atom. The van der Waals surface area contributed by atoms with Crippen molar-refractivity contribution in [3.63, 3.8) is 0 Å². The van der Waals surface area contributed by atoms with E-state index in [2.05, 4.69) is 24.1 Å². The lowest BCUT2D eigenvalue weighted by Crippen LogP contribution is -2.49. The molecule has 0 spiro atoms. The summed E-state index contributed by atoms with van der Waals surface area (Å²) in [4.78, 5) is 13.4. The summed E-state index contributed by atoms with van der Waals surface area (Å²) in [5.41, 5.74) is 0. The van der Waals surface area contributed by atoms with Crippen LogP contribution in [0.5, 0.6) is 0 Å². The van der Waals surface area contributed by atoms with E-state index in [1.807, 2.05) is 6.92 Å². The number of nitrogens with zero attached hydrogens (tertiary/aromatic N) is 1. The van der Waals surface area contributed by atoms with Crippen LogP contribution in [-0.2, 0) is 9.53 Å². The molecule has 2 N–H and O–H groups in total. The van der Waals surface area contributed by atoms with E-state index in [4.69, 9.17) is 4.74 Å². The van der Waals surface area contributed by atoms with Gasteiger partial charge in [-0.25, -0.2) is 0 Å². The van der Waals surface area contributed by atoms with Gasteiger partial charge < -0.3 is 15.2 Å². The topological polar surface area (TPSA) is 61.8 Å². The van der Waals surface area contributed by atoms with Crippen LogP contribution < -0.4 is 5.32 Å². The maximum absolute atomic E-state index is 11.2. The monoisotopic (exact) mass is 260 g/mol. The second kappa shape index (κ2) is 10.3. The van der Waals surface area contributed by atoms with Crippen molar-refractivity contribution < 1.29 is 14.6 Å². The highest BCUT2D eigenvalue weighted by molar-refractivity contribution is 5.73. The minimum Gasteiger partial charge on any atom is -0.480 e. The van der Waals surface area contributed by atoms with Crippen molar-refractivity contribution in [2.75, 3.05) is 33.4 Å². The molecule has 0 radical (unpaired) electrons. The Balaban J connectivity index is 4.56. The highest BCUT2D eigenvalue weighted by atomic mass is 16.5. The van der Waals surface area contributed by atoms with E-state index in [1.165, 1.54) is 0 Å². The molecule has 0 saturated heterocycles. The number of ether oxygens (including phenoxy) is 1. The summed E-state index contributed by atoms with van der Waals surface area (Å²) in [5.74, 6) is -0.787. The van der Waals surface area contributed by atoms with Gasteiger partial charge in [0.2, 0.25) is 0 Å². The summed E-state index contributed by atoms with van der Waals surface area (Å²) < 4.78 is 5.10. The van der Waals surface area contributed by atoms with Crippen LogP contribution in [0.15, 0.2) is 0 Å². The molecule has 0 aromatic rings. The molecule has 0 saturated carbocycles. The van der Waals surface area contributed by atoms with Crippen molar-refractivity contribution in [3.8, 4) is 0 Å². The third-order valence-electron chi connectivity index (χ3n) is 3.21. The van der Waals surface area contributed by atoms with Crippen molar-refractivity contribution in [2.45, 2.75) is 45.7 Å². The molecule has 1 atom stereocenters. The zero-order valence-electron chi connectivity index (χ0n) is 12.1. The van der Waals surface area contributed by atoms with Crippen LogP contribution >= 0.6 is 0 Å². The van der Waals surface area contributed by atoms with Crippen LogP contribution in [0.4, 0.5) is 0 Å². The molecule has 0 rings (SSSR count). The molecule has 108 valence electrons. The van der Waals surface area contributed by atoms with E-state index < -0.39 is 12.0 Å². The largest absolute Gasteiger partial charge is 0.480 e. The van der Waals surface area contributed by atoms with Crippen molar-refractivity contribution in [1.82, 2.24) is 10.2 Å². The first-order valence-electron chi connectivity index (χ1n) is 6.79. The Labute approximate surface area is 110 Å². The lowest BCUT2D eigenvalue weighted by Gasteiger charge is -2.32. The van der Waals surface area contributed by atoms with E-state index in [0.29, 0.717) is 25.7 Å². The summed E-state index contributed by atoms with van der Waals surface area (Å²) in [6.45, 7) is 8.80. The molecule has 18 heavy (non-hydrogen) atoms. The molecule has 0 amide bonds. The standard InChI is InChI=1S/C13H28N2O3/c1-5-11(6-2)15(8-9-18-4)10-12(13(16)17)14-7-3/h11-12,14H,5-10H2,1-4H3,(H,16,17). The van der Waals surface area contributed by atoms with E-state index in [0.717, 1.165) is 19.4 Å². The molecule has 0 fully saturated rings. The molecule has 0 aliphatic heterocycles. The molecule has 5 heteroatoms. The average molecular weight is 260 g/mol. The van der Waals surface area contributed by atoms with E-state index in [1.54, 1.807) is 7.11 Å². The Bertz CT molecular complexity index is 220. The third-order valence-corrected chi connectivity index (χ3v) is 3.21. The van der Waals surface area contributed by atoms with Crippen LogP contribution in [0.25, 0.3) is 0 Å². The molecule has 0 aromatic heterocycles. The van der Waals surface area contributed by atoms with Gasteiger partial charge in [-0.05, 0) is 19.4 Å². The van der Waals surface area contributed by atoms with Crippen molar-refractivity contribution >= 4 is 5.97 Å². The first-order chi connectivity index (χ1) is 8.60. The van der Waals surface area contributed by atoms with Gasteiger partial charge in [0.1, 0.15) is 6.04 Å². The van der Waals surface area contributed by atoms with Gasteiger partial charge in [-0.3, -0.25) is 9.69 Å². The zero-order valence-corrected chi connectivity index (χ0v) is 12.1. The fourth-order valence-corrected chi connectivity index (χ4v) is 2.15. The van der Waals surface area contributed by atoms with Crippen molar-refractivity contribution in [3.05, 3.63) is 0 Å². The van der Waals surface area contributed by atoms with Gasteiger partial charge in [-0.2, -0.15) is 0 Å². The number of likely N-dealkylation sites (N-methyl/N-ethyl adjacent to an activating group) is 1. The van der Waals surface area contributed by atoms with Crippen molar-refractivity contribution in [2.24, 2.45) is 0 Å². The Kier molecular flexibility index (Phi) is 9.92. The summed E-state index contributed by atoms with van der Waals surface area (Å²) in [6.07, 6.45) is 2.05. The van der Waals surface area contributed by atoms with Gasteiger partial charge in [0, 0.05) is 26.2 Å². The second-order valence-corrected chi connectivity index (χ2v) is 4.41. The molecular formula is C13H28N2O3. The minimum absolute atomic E-state index is 0.417. The average Bonchev–Trinajstić information content (AvgIpc) is 2.35. The molecule has 0 bridgehead atoms. The molecule has 0 aromatic carbocycles. The van der Waals surface area contributed by atoms with Crippen LogP contribution in [0.1, 0.15) is 33.6 Å². The quantitative estimate of drug-likeness (QED) is 0.584. The normalized spacial score (nSPS) is 13.2. The van der Waals surface area contributed by atoms with E-state index in [9.17, 15) is 9.90 Å². The van der Waals surface area contributed by atoms with Gasteiger partial charge >= 0.3 is 5.97 Å². The summed E-state index contributed by atoms with van der Waals surface area (Å²) >= 11 is 0. The number of carbonyl (C=O) groups is 1. The number of methoxy groups -OCH3 is 1. The van der Waals surface area contributed by atoms with Gasteiger partial charge in [-0.15, -0.1) is 0 Å². The number of rotatable bonds is 11. The lowest BCUT2D eigenvalue weighted by atomic mass is 10.1. The number of carboxylic acids is 1. The fraction of sp³-hybridized carbons (Fsp3) is 0.923. The summed E-state index contributed by atoms with van der Waals surface area (Å²) in [6, 6.07) is -0.0897. The highest BCUT2D eigenvalue weighted by Gasteiger charge is 2.23. The predicted octanol–water partition coefficient (Wildman–Crippen LogP) is 1.19. The molecule has 0 heterocycles. The second-order valence-electron chi connectivity index (χ2n) is 4.41. The molecule has 1 unspecified atom stereocenters. The Hall–Kier alpha value is -0.650. The van der Waals surface area contributed by atoms with Gasteiger partial charge in [0.05, 0.1) is 6.61 Å². The lowest BCUT2D eigenvalue weighted by molar-refractivity contribution is -0.140. The van der Waals surface area contributed by atoms with Crippen LogP contribution in [-0.4, -0.2) is 61.4 Å². The SMILES string of the molecule is CCNC(CN(CCOC)C(CC)CC)C(=O)O. The molecule has 5 nitrogen and oxygen atoms in total. The maximum Gasteiger partial charge on any atom is 0.322 e. The Morgan fingerprint density at radius 2 is 1.94 bits per heavy atom. The molecular weight excluding hydrogens is 232 g/mol. The Morgan fingerprint density at radius 1 is 1.33 bits per heavy atom.